The molecule has 108 valence electrons. The van der Waals surface area contributed by atoms with Crippen molar-refractivity contribution in [3.8, 4) is 5.75 Å². The number of hydrogen-bond donors (Lipinski definition) is 1. The van der Waals surface area contributed by atoms with Crippen molar-refractivity contribution in [1.82, 2.24) is 0 Å². The standard InChI is InChI=1S/C14H23NO3S/c1-11(2)19(16,17)9-8-13(15)10-12-4-6-14(18-3)7-5-12/h4-7,11,13H,8-10,15H2,1-3H3. The van der Waals surface area contributed by atoms with E-state index in [4.69, 9.17) is 10.5 Å². The van der Waals surface area contributed by atoms with E-state index in [1.54, 1.807) is 21.0 Å². The van der Waals surface area contributed by atoms with Crippen molar-refractivity contribution in [3.05, 3.63) is 29.8 Å². The quantitative estimate of drug-likeness (QED) is 0.829. The van der Waals surface area contributed by atoms with Crippen LogP contribution in [0.4, 0.5) is 0 Å². The molecular formula is C14H23NO3S. The Bertz CT molecular complexity index is 480. The molecule has 0 aliphatic heterocycles. The average Bonchev–Trinajstić information content (AvgIpc) is 2.37. The van der Waals surface area contributed by atoms with Crippen molar-refractivity contribution < 1.29 is 13.2 Å². The van der Waals surface area contributed by atoms with E-state index < -0.39 is 9.84 Å². The molecule has 0 aliphatic carbocycles. The summed E-state index contributed by atoms with van der Waals surface area (Å²) in [4.78, 5) is 0. The summed E-state index contributed by atoms with van der Waals surface area (Å²) in [6.45, 7) is 3.40. The highest BCUT2D eigenvalue weighted by Gasteiger charge is 2.17. The lowest BCUT2D eigenvalue weighted by Gasteiger charge is -2.13. The van der Waals surface area contributed by atoms with Gasteiger partial charge in [-0.25, -0.2) is 8.42 Å². The van der Waals surface area contributed by atoms with Crippen molar-refractivity contribution in [1.29, 1.82) is 0 Å². The lowest BCUT2D eigenvalue weighted by molar-refractivity contribution is 0.414. The molecule has 2 N–H and O–H groups in total. The van der Waals surface area contributed by atoms with Gasteiger partial charge in [0, 0.05) is 6.04 Å². The zero-order valence-electron chi connectivity index (χ0n) is 11.8. The lowest BCUT2D eigenvalue weighted by Crippen LogP contribution is -2.28. The summed E-state index contributed by atoms with van der Waals surface area (Å²) < 4.78 is 28.5. The number of methoxy groups -OCH3 is 1. The van der Waals surface area contributed by atoms with E-state index in [0.29, 0.717) is 12.8 Å². The van der Waals surface area contributed by atoms with E-state index in [1.807, 2.05) is 24.3 Å². The van der Waals surface area contributed by atoms with Gasteiger partial charge in [-0.05, 0) is 44.4 Å². The zero-order valence-corrected chi connectivity index (χ0v) is 12.6. The van der Waals surface area contributed by atoms with E-state index in [2.05, 4.69) is 0 Å². The summed E-state index contributed by atoms with van der Waals surface area (Å²) in [5.74, 6) is 0.960. The molecule has 0 saturated carbocycles. The van der Waals surface area contributed by atoms with Gasteiger partial charge in [-0.1, -0.05) is 12.1 Å². The minimum absolute atomic E-state index is 0.137. The summed E-state index contributed by atoms with van der Waals surface area (Å²) in [5, 5.41) is -0.333. The SMILES string of the molecule is COc1ccc(CC(N)CCS(=O)(=O)C(C)C)cc1. The van der Waals surface area contributed by atoms with Crippen LogP contribution in [0.15, 0.2) is 24.3 Å². The molecule has 19 heavy (non-hydrogen) atoms. The average molecular weight is 285 g/mol. The van der Waals surface area contributed by atoms with Crippen LogP contribution in [-0.4, -0.2) is 32.6 Å². The van der Waals surface area contributed by atoms with Gasteiger partial charge in [-0.2, -0.15) is 0 Å². The molecule has 0 bridgehead atoms. The molecule has 0 aromatic heterocycles. The van der Waals surface area contributed by atoms with Crippen LogP contribution in [-0.2, 0) is 16.3 Å². The third-order valence-electron chi connectivity index (χ3n) is 3.15. The first-order chi connectivity index (χ1) is 8.85. The van der Waals surface area contributed by atoms with Gasteiger partial charge in [0.15, 0.2) is 9.84 Å². The molecule has 0 aliphatic rings. The van der Waals surface area contributed by atoms with Crippen LogP contribution >= 0.6 is 0 Å². The summed E-state index contributed by atoms with van der Waals surface area (Å²) in [6.07, 6.45) is 1.17. The fraction of sp³-hybridized carbons (Fsp3) is 0.571. The Morgan fingerprint density at radius 2 is 1.79 bits per heavy atom. The molecular weight excluding hydrogens is 262 g/mol. The Balaban J connectivity index is 2.49. The van der Waals surface area contributed by atoms with Gasteiger partial charge >= 0.3 is 0 Å². The lowest BCUT2D eigenvalue weighted by atomic mass is 10.0. The number of benzene rings is 1. The molecule has 0 spiro atoms. The predicted octanol–water partition coefficient (Wildman–Crippen LogP) is 1.78. The summed E-state index contributed by atoms with van der Waals surface area (Å²) in [5.41, 5.74) is 7.08. The molecule has 1 unspecified atom stereocenters. The van der Waals surface area contributed by atoms with Gasteiger partial charge in [0.1, 0.15) is 5.75 Å². The van der Waals surface area contributed by atoms with Crippen LogP contribution in [0.25, 0.3) is 0 Å². The maximum atomic E-state index is 11.7. The number of ether oxygens (including phenoxy) is 1. The largest absolute Gasteiger partial charge is 0.497 e. The Morgan fingerprint density at radius 1 is 1.21 bits per heavy atom. The topological polar surface area (TPSA) is 69.4 Å². The third kappa shape index (κ3) is 5.20. The van der Waals surface area contributed by atoms with Gasteiger partial charge < -0.3 is 10.5 Å². The molecule has 0 heterocycles. The number of sulfone groups is 1. The maximum absolute atomic E-state index is 11.7. The molecule has 1 aromatic rings. The van der Waals surface area contributed by atoms with Crippen molar-refractivity contribution >= 4 is 9.84 Å². The van der Waals surface area contributed by atoms with Crippen LogP contribution in [0.3, 0.4) is 0 Å². The van der Waals surface area contributed by atoms with Crippen LogP contribution in [0.1, 0.15) is 25.8 Å². The monoisotopic (exact) mass is 285 g/mol. The highest BCUT2D eigenvalue weighted by atomic mass is 32.2. The van der Waals surface area contributed by atoms with Crippen molar-refractivity contribution in [3.63, 3.8) is 0 Å². The first-order valence-corrected chi connectivity index (χ1v) is 8.16. The van der Waals surface area contributed by atoms with Gasteiger partial charge in [0.05, 0.1) is 18.1 Å². The minimum atomic E-state index is -3.00. The zero-order chi connectivity index (χ0) is 14.5. The number of rotatable bonds is 7. The molecule has 1 aromatic carbocycles. The van der Waals surface area contributed by atoms with Gasteiger partial charge in [0.25, 0.3) is 0 Å². The second-order valence-electron chi connectivity index (χ2n) is 5.02. The van der Waals surface area contributed by atoms with Crippen LogP contribution in [0.5, 0.6) is 5.75 Å². The summed E-state index contributed by atoms with van der Waals surface area (Å²) >= 11 is 0. The Hall–Kier alpha value is -1.07. The Morgan fingerprint density at radius 3 is 2.26 bits per heavy atom. The number of hydrogen-bond acceptors (Lipinski definition) is 4. The van der Waals surface area contributed by atoms with E-state index in [1.165, 1.54) is 0 Å². The van der Waals surface area contributed by atoms with E-state index in [9.17, 15) is 8.42 Å². The Labute approximate surface area is 115 Å². The molecule has 0 fully saturated rings. The van der Waals surface area contributed by atoms with Gasteiger partial charge in [-0.3, -0.25) is 0 Å². The normalized spacial score (nSPS) is 13.5. The fourth-order valence-electron chi connectivity index (χ4n) is 1.72. The van der Waals surface area contributed by atoms with Crippen molar-refractivity contribution in [2.45, 2.75) is 38.0 Å². The minimum Gasteiger partial charge on any atom is -0.497 e. The highest BCUT2D eigenvalue weighted by Crippen LogP contribution is 2.13. The first-order valence-electron chi connectivity index (χ1n) is 6.45. The van der Waals surface area contributed by atoms with Crippen molar-refractivity contribution in [2.75, 3.05) is 12.9 Å². The second kappa shape index (κ2) is 6.91. The fourth-order valence-corrected chi connectivity index (χ4v) is 2.82. The molecule has 4 nitrogen and oxygen atoms in total. The van der Waals surface area contributed by atoms with Gasteiger partial charge in [0.2, 0.25) is 0 Å². The molecule has 1 rings (SSSR count). The molecule has 1 atom stereocenters. The van der Waals surface area contributed by atoms with Crippen LogP contribution in [0.2, 0.25) is 0 Å². The second-order valence-corrected chi connectivity index (χ2v) is 7.69. The van der Waals surface area contributed by atoms with E-state index in [-0.39, 0.29) is 17.0 Å². The Kier molecular flexibility index (Phi) is 5.82. The van der Waals surface area contributed by atoms with E-state index >= 15 is 0 Å². The highest BCUT2D eigenvalue weighted by molar-refractivity contribution is 7.91. The molecule has 0 amide bonds. The third-order valence-corrected chi connectivity index (χ3v) is 5.39. The van der Waals surface area contributed by atoms with Gasteiger partial charge in [-0.15, -0.1) is 0 Å². The first kappa shape index (κ1) is 16.0. The molecule has 5 heteroatoms. The predicted molar refractivity (Wildman–Crippen MR) is 78.2 cm³/mol. The number of nitrogens with two attached hydrogens (primary N) is 1. The van der Waals surface area contributed by atoms with Crippen molar-refractivity contribution in [2.24, 2.45) is 5.73 Å². The molecule has 0 radical (unpaired) electrons. The maximum Gasteiger partial charge on any atom is 0.152 e. The molecule has 0 saturated heterocycles. The summed E-state index contributed by atoms with van der Waals surface area (Å²) in [6, 6.07) is 7.53. The van der Waals surface area contributed by atoms with Crippen LogP contribution < -0.4 is 10.5 Å². The summed E-state index contributed by atoms with van der Waals surface area (Å²) in [7, 11) is -1.37. The van der Waals surface area contributed by atoms with E-state index in [0.717, 1.165) is 11.3 Å². The smallest absolute Gasteiger partial charge is 0.152 e. The van der Waals surface area contributed by atoms with Crippen LogP contribution in [0, 0.1) is 0 Å².